The van der Waals surface area contributed by atoms with Gasteiger partial charge in [0.1, 0.15) is 5.75 Å². The van der Waals surface area contributed by atoms with Crippen LogP contribution in [0.25, 0.3) is 11.1 Å². The number of rotatable bonds is 3. The number of nitrogen functional groups attached to an aromatic ring is 1. The van der Waals surface area contributed by atoms with Gasteiger partial charge in [-0.25, -0.2) is 4.98 Å². The van der Waals surface area contributed by atoms with Crippen LogP contribution >= 0.6 is 0 Å². The molecule has 0 bridgehead atoms. The zero-order chi connectivity index (χ0) is 12.3. The molecule has 1 heterocycles. The van der Waals surface area contributed by atoms with Crippen molar-refractivity contribution in [3.05, 3.63) is 36.5 Å². The molecule has 4 nitrogen and oxygen atoms in total. The van der Waals surface area contributed by atoms with Crippen LogP contribution in [0, 0.1) is 0 Å². The molecule has 0 radical (unpaired) electrons. The van der Waals surface area contributed by atoms with Gasteiger partial charge in [-0.15, -0.1) is 0 Å². The van der Waals surface area contributed by atoms with Crippen molar-refractivity contribution in [1.29, 1.82) is 0 Å². The summed E-state index contributed by atoms with van der Waals surface area (Å²) in [5.74, 6) is 1.27. The minimum Gasteiger partial charge on any atom is -0.495 e. The van der Waals surface area contributed by atoms with Crippen molar-refractivity contribution in [3.63, 3.8) is 0 Å². The summed E-state index contributed by atoms with van der Waals surface area (Å²) in [5.41, 5.74) is 8.45. The van der Waals surface area contributed by atoms with Crippen LogP contribution in [0.1, 0.15) is 0 Å². The van der Waals surface area contributed by atoms with E-state index in [2.05, 4.69) is 4.98 Å². The second-order valence-corrected chi connectivity index (χ2v) is 3.55. The van der Waals surface area contributed by atoms with E-state index in [0.29, 0.717) is 17.3 Å². The Morgan fingerprint density at radius 2 is 1.76 bits per heavy atom. The van der Waals surface area contributed by atoms with E-state index in [1.807, 2.05) is 30.3 Å². The minimum absolute atomic E-state index is 0.593. The number of hydrogen-bond acceptors (Lipinski definition) is 4. The summed E-state index contributed by atoms with van der Waals surface area (Å²) < 4.78 is 10.1. The molecule has 0 saturated heterocycles. The molecular weight excluding hydrogens is 216 g/mol. The maximum absolute atomic E-state index is 5.86. The Morgan fingerprint density at radius 1 is 1.00 bits per heavy atom. The number of nitrogens with zero attached hydrogens (tertiary/aromatic N) is 1. The van der Waals surface area contributed by atoms with Gasteiger partial charge in [0.2, 0.25) is 5.88 Å². The van der Waals surface area contributed by atoms with Crippen LogP contribution in [-0.4, -0.2) is 19.2 Å². The standard InChI is InChI=1S/C13H14N2O2/c1-16-12-5-3-9(7-11(12)14)10-4-6-13(17-2)15-8-10/h3-8H,14H2,1-2H3. The number of hydrogen-bond donors (Lipinski definition) is 1. The third kappa shape index (κ3) is 2.30. The van der Waals surface area contributed by atoms with Gasteiger partial charge in [0.25, 0.3) is 0 Å². The average molecular weight is 230 g/mol. The molecule has 2 N–H and O–H groups in total. The van der Waals surface area contributed by atoms with Crippen molar-refractivity contribution >= 4 is 5.69 Å². The van der Waals surface area contributed by atoms with Gasteiger partial charge < -0.3 is 15.2 Å². The number of pyridine rings is 1. The summed E-state index contributed by atoms with van der Waals surface area (Å²) in [6.45, 7) is 0. The SMILES string of the molecule is COc1ccc(-c2ccc(OC)c(N)c2)cn1. The molecule has 4 heteroatoms. The topological polar surface area (TPSA) is 57.4 Å². The van der Waals surface area contributed by atoms with Gasteiger partial charge in [0.05, 0.1) is 19.9 Å². The van der Waals surface area contributed by atoms with Crippen molar-refractivity contribution < 1.29 is 9.47 Å². The van der Waals surface area contributed by atoms with E-state index in [1.165, 1.54) is 0 Å². The number of aromatic nitrogens is 1. The molecule has 0 amide bonds. The van der Waals surface area contributed by atoms with Gasteiger partial charge in [-0.2, -0.15) is 0 Å². The maximum atomic E-state index is 5.86. The first kappa shape index (κ1) is 11.3. The summed E-state index contributed by atoms with van der Waals surface area (Å²) in [7, 11) is 3.19. The normalized spacial score (nSPS) is 10.0. The van der Waals surface area contributed by atoms with Crippen molar-refractivity contribution in [2.75, 3.05) is 20.0 Å². The van der Waals surface area contributed by atoms with Crippen LogP contribution in [0.3, 0.4) is 0 Å². The van der Waals surface area contributed by atoms with E-state index < -0.39 is 0 Å². The molecule has 1 aromatic carbocycles. The Labute approximate surface area is 100 Å². The second kappa shape index (κ2) is 4.74. The van der Waals surface area contributed by atoms with E-state index in [-0.39, 0.29) is 0 Å². The van der Waals surface area contributed by atoms with Crippen LogP contribution < -0.4 is 15.2 Å². The lowest BCUT2D eigenvalue weighted by Crippen LogP contribution is -1.93. The number of benzene rings is 1. The van der Waals surface area contributed by atoms with Crippen LogP contribution in [0.4, 0.5) is 5.69 Å². The average Bonchev–Trinajstić information content (AvgIpc) is 2.39. The summed E-state index contributed by atoms with van der Waals surface area (Å²) in [6.07, 6.45) is 1.75. The highest BCUT2D eigenvalue weighted by Crippen LogP contribution is 2.28. The number of methoxy groups -OCH3 is 2. The number of anilines is 1. The van der Waals surface area contributed by atoms with E-state index in [0.717, 1.165) is 11.1 Å². The molecule has 0 aliphatic carbocycles. The Hall–Kier alpha value is -2.23. The maximum Gasteiger partial charge on any atom is 0.212 e. The van der Waals surface area contributed by atoms with Gasteiger partial charge in [-0.1, -0.05) is 6.07 Å². The highest BCUT2D eigenvalue weighted by molar-refractivity contribution is 5.70. The lowest BCUT2D eigenvalue weighted by atomic mass is 10.1. The van der Waals surface area contributed by atoms with Crippen LogP contribution in [0.5, 0.6) is 11.6 Å². The van der Waals surface area contributed by atoms with Crippen LogP contribution in [-0.2, 0) is 0 Å². The van der Waals surface area contributed by atoms with Gasteiger partial charge in [0, 0.05) is 17.8 Å². The van der Waals surface area contributed by atoms with E-state index >= 15 is 0 Å². The molecule has 0 fully saturated rings. The molecule has 17 heavy (non-hydrogen) atoms. The Kier molecular flexibility index (Phi) is 3.14. The van der Waals surface area contributed by atoms with Crippen molar-refractivity contribution in [2.45, 2.75) is 0 Å². The predicted molar refractivity (Wildman–Crippen MR) is 67.2 cm³/mol. The lowest BCUT2D eigenvalue weighted by Gasteiger charge is -2.07. The number of nitrogens with two attached hydrogens (primary N) is 1. The van der Waals surface area contributed by atoms with Gasteiger partial charge in [-0.3, -0.25) is 0 Å². The van der Waals surface area contributed by atoms with E-state index in [1.54, 1.807) is 20.4 Å². The van der Waals surface area contributed by atoms with Crippen molar-refractivity contribution in [2.24, 2.45) is 0 Å². The highest BCUT2D eigenvalue weighted by atomic mass is 16.5. The van der Waals surface area contributed by atoms with Crippen LogP contribution in [0.2, 0.25) is 0 Å². The molecule has 0 saturated carbocycles. The summed E-state index contributed by atoms with van der Waals surface area (Å²) in [4.78, 5) is 4.15. The Bertz CT molecular complexity index is 509. The molecule has 0 spiro atoms. The fraction of sp³-hybridized carbons (Fsp3) is 0.154. The first-order valence-electron chi connectivity index (χ1n) is 5.18. The molecule has 88 valence electrons. The second-order valence-electron chi connectivity index (χ2n) is 3.55. The summed E-state index contributed by atoms with van der Waals surface area (Å²) in [5, 5.41) is 0. The Balaban J connectivity index is 2.35. The zero-order valence-electron chi connectivity index (χ0n) is 9.81. The molecule has 0 aliphatic rings. The molecule has 2 aromatic rings. The van der Waals surface area contributed by atoms with Crippen molar-refractivity contribution in [3.8, 4) is 22.8 Å². The predicted octanol–water partition coefficient (Wildman–Crippen LogP) is 2.35. The minimum atomic E-state index is 0.593. The molecule has 1 aromatic heterocycles. The Morgan fingerprint density at radius 3 is 2.29 bits per heavy atom. The third-order valence-corrected chi connectivity index (χ3v) is 2.51. The largest absolute Gasteiger partial charge is 0.495 e. The quantitative estimate of drug-likeness (QED) is 0.822. The molecule has 2 rings (SSSR count). The summed E-state index contributed by atoms with van der Waals surface area (Å²) >= 11 is 0. The van der Waals surface area contributed by atoms with E-state index in [4.69, 9.17) is 15.2 Å². The number of ether oxygens (including phenoxy) is 2. The molecule has 0 aliphatic heterocycles. The molecule has 0 atom stereocenters. The fourth-order valence-corrected chi connectivity index (χ4v) is 1.59. The lowest BCUT2D eigenvalue weighted by molar-refractivity contribution is 0.398. The highest BCUT2D eigenvalue weighted by Gasteiger charge is 2.03. The monoisotopic (exact) mass is 230 g/mol. The third-order valence-electron chi connectivity index (χ3n) is 2.51. The summed E-state index contributed by atoms with van der Waals surface area (Å²) in [6, 6.07) is 9.40. The van der Waals surface area contributed by atoms with Crippen LogP contribution in [0.15, 0.2) is 36.5 Å². The smallest absolute Gasteiger partial charge is 0.212 e. The first-order chi connectivity index (χ1) is 8.24. The fourth-order valence-electron chi connectivity index (χ4n) is 1.59. The van der Waals surface area contributed by atoms with Gasteiger partial charge >= 0.3 is 0 Å². The van der Waals surface area contributed by atoms with Gasteiger partial charge in [0.15, 0.2) is 0 Å². The van der Waals surface area contributed by atoms with Crippen molar-refractivity contribution in [1.82, 2.24) is 4.98 Å². The molecular formula is C13H14N2O2. The molecule has 0 unspecified atom stereocenters. The van der Waals surface area contributed by atoms with E-state index in [9.17, 15) is 0 Å². The van der Waals surface area contributed by atoms with Gasteiger partial charge in [-0.05, 0) is 23.8 Å². The first-order valence-corrected chi connectivity index (χ1v) is 5.18. The zero-order valence-corrected chi connectivity index (χ0v) is 9.81.